The van der Waals surface area contributed by atoms with Gasteiger partial charge in [0.15, 0.2) is 11.0 Å². The van der Waals surface area contributed by atoms with Gasteiger partial charge in [0.2, 0.25) is 0 Å². The SMILES string of the molecule is CC.COC(=O)CN1c2c(Cl)nc(C)nc2NC1C. The molecule has 0 radical (unpaired) electrons. The molecule has 0 spiro atoms. The van der Waals surface area contributed by atoms with Crippen LogP contribution in [0.15, 0.2) is 0 Å². The second-order valence-corrected chi connectivity index (χ2v) is 4.14. The van der Waals surface area contributed by atoms with E-state index in [2.05, 4.69) is 20.0 Å². The number of methoxy groups -OCH3 is 1. The zero-order valence-corrected chi connectivity index (χ0v) is 12.6. The molecule has 0 saturated carbocycles. The molecule has 2 rings (SSSR count). The van der Waals surface area contributed by atoms with Crippen molar-refractivity contribution in [3.8, 4) is 0 Å². The number of hydrogen-bond acceptors (Lipinski definition) is 6. The van der Waals surface area contributed by atoms with Crippen molar-refractivity contribution >= 4 is 29.1 Å². The predicted octanol–water partition coefficient (Wildman–Crippen LogP) is 2.22. The highest BCUT2D eigenvalue weighted by molar-refractivity contribution is 6.32. The monoisotopic (exact) mass is 286 g/mol. The zero-order chi connectivity index (χ0) is 14.6. The van der Waals surface area contributed by atoms with E-state index in [0.29, 0.717) is 22.5 Å². The summed E-state index contributed by atoms with van der Waals surface area (Å²) in [5, 5.41) is 3.48. The van der Waals surface area contributed by atoms with E-state index < -0.39 is 0 Å². The van der Waals surface area contributed by atoms with Crippen molar-refractivity contribution in [1.29, 1.82) is 0 Å². The van der Waals surface area contributed by atoms with E-state index in [1.54, 1.807) is 11.8 Å². The number of anilines is 2. The van der Waals surface area contributed by atoms with E-state index in [0.717, 1.165) is 0 Å². The van der Waals surface area contributed by atoms with Crippen LogP contribution >= 0.6 is 11.6 Å². The zero-order valence-electron chi connectivity index (χ0n) is 11.8. The van der Waals surface area contributed by atoms with Crippen molar-refractivity contribution in [3.63, 3.8) is 0 Å². The molecule has 6 nitrogen and oxygen atoms in total. The molecule has 1 aliphatic rings. The summed E-state index contributed by atoms with van der Waals surface area (Å²) in [6.45, 7) is 7.79. The molecule has 7 heteroatoms. The van der Waals surface area contributed by atoms with Crippen molar-refractivity contribution < 1.29 is 9.53 Å². The molecule has 1 aliphatic heterocycles. The topological polar surface area (TPSA) is 67.3 Å². The molecule has 1 N–H and O–H groups in total. The van der Waals surface area contributed by atoms with Crippen LogP contribution in [-0.4, -0.2) is 35.8 Å². The fourth-order valence-corrected chi connectivity index (χ4v) is 2.10. The summed E-state index contributed by atoms with van der Waals surface area (Å²) in [6.07, 6.45) is -0.0716. The highest BCUT2D eigenvalue weighted by atomic mass is 35.5. The van der Waals surface area contributed by atoms with Gasteiger partial charge >= 0.3 is 5.97 Å². The van der Waals surface area contributed by atoms with Crippen LogP contribution in [0.3, 0.4) is 0 Å². The van der Waals surface area contributed by atoms with E-state index in [4.69, 9.17) is 11.6 Å². The van der Waals surface area contributed by atoms with Crippen LogP contribution in [0.2, 0.25) is 5.15 Å². The van der Waals surface area contributed by atoms with Gasteiger partial charge in [-0.2, -0.15) is 0 Å². The summed E-state index contributed by atoms with van der Waals surface area (Å²) in [4.78, 5) is 21.4. The predicted molar refractivity (Wildman–Crippen MR) is 75.6 cm³/mol. The maximum Gasteiger partial charge on any atom is 0.325 e. The smallest absolute Gasteiger partial charge is 0.325 e. The molecule has 0 fully saturated rings. The van der Waals surface area contributed by atoms with Gasteiger partial charge in [-0.15, -0.1) is 0 Å². The van der Waals surface area contributed by atoms with Crippen molar-refractivity contribution in [2.75, 3.05) is 23.9 Å². The van der Waals surface area contributed by atoms with Crippen LogP contribution in [0, 0.1) is 6.92 Å². The Labute approximate surface area is 118 Å². The van der Waals surface area contributed by atoms with Crippen molar-refractivity contribution in [1.82, 2.24) is 9.97 Å². The fraction of sp³-hybridized carbons (Fsp3) is 0.583. The normalized spacial score (nSPS) is 16.1. The van der Waals surface area contributed by atoms with Gasteiger partial charge in [0.1, 0.15) is 18.1 Å². The van der Waals surface area contributed by atoms with Crippen molar-refractivity contribution in [2.24, 2.45) is 0 Å². The number of fused-ring (bicyclic) bond motifs is 1. The molecule has 0 amide bonds. The second kappa shape index (κ2) is 6.56. The first-order valence-corrected chi connectivity index (χ1v) is 6.55. The summed E-state index contributed by atoms with van der Waals surface area (Å²) in [6, 6.07) is 0. The molecule has 0 bridgehead atoms. The molecule has 1 aromatic rings. The number of nitrogens with zero attached hydrogens (tertiary/aromatic N) is 3. The Hall–Kier alpha value is -1.56. The summed E-state index contributed by atoms with van der Waals surface area (Å²) in [7, 11) is 1.35. The molecular formula is C12H19ClN4O2. The number of ether oxygens (including phenoxy) is 1. The first-order valence-electron chi connectivity index (χ1n) is 6.17. The Morgan fingerprint density at radius 2 is 2.11 bits per heavy atom. The van der Waals surface area contributed by atoms with Gasteiger partial charge in [0.25, 0.3) is 0 Å². The number of rotatable bonds is 2. The van der Waals surface area contributed by atoms with E-state index >= 15 is 0 Å². The Balaban J connectivity index is 0.000000861. The van der Waals surface area contributed by atoms with Gasteiger partial charge in [-0.25, -0.2) is 9.97 Å². The maximum atomic E-state index is 11.3. The molecular weight excluding hydrogens is 268 g/mol. The van der Waals surface area contributed by atoms with Crippen LogP contribution in [0.4, 0.5) is 11.5 Å². The number of carbonyl (C=O) groups is 1. The largest absolute Gasteiger partial charge is 0.468 e. The Kier molecular flexibility index (Phi) is 5.35. The Morgan fingerprint density at radius 1 is 1.47 bits per heavy atom. The van der Waals surface area contributed by atoms with Crippen LogP contribution in [0.5, 0.6) is 0 Å². The molecule has 1 aromatic heterocycles. The Bertz CT molecular complexity index is 467. The van der Waals surface area contributed by atoms with Crippen LogP contribution in [-0.2, 0) is 9.53 Å². The standard InChI is InChI=1S/C10H13ClN4O2.C2H6/c1-5-12-9(11)8-10(13-5)14-6(2)15(8)4-7(16)17-3;1-2/h6H,4H2,1-3H3,(H,12,13,14);1-2H3. The van der Waals surface area contributed by atoms with Crippen LogP contribution in [0.1, 0.15) is 26.6 Å². The molecule has 0 aliphatic carbocycles. The van der Waals surface area contributed by atoms with Crippen LogP contribution < -0.4 is 10.2 Å². The number of halogens is 1. The minimum absolute atomic E-state index is 0.0716. The van der Waals surface area contributed by atoms with Gasteiger partial charge in [-0.05, 0) is 13.8 Å². The lowest BCUT2D eigenvalue weighted by atomic mass is 10.4. The third-order valence-electron chi connectivity index (χ3n) is 2.58. The van der Waals surface area contributed by atoms with Gasteiger partial charge in [-0.1, -0.05) is 25.4 Å². The fourth-order valence-electron chi connectivity index (χ4n) is 1.78. The van der Waals surface area contributed by atoms with Gasteiger partial charge in [0, 0.05) is 0 Å². The number of esters is 1. The minimum Gasteiger partial charge on any atom is -0.468 e. The number of hydrogen-bond donors (Lipinski definition) is 1. The number of nitrogens with one attached hydrogen (secondary N) is 1. The first kappa shape index (κ1) is 15.5. The lowest BCUT2D eigenvalue weighted by molar-refractivity contribution is -0.139. The van der Waals surface area contributed by atoms with Gasteiger partial charge in [-0.3, -0.25) is 4.79 Å². The number of carbonyl (C=O) groups excluding carboxylic acids is 1. The average Bonchev–Trinajstić information content (AvgIpc) is 2.68. The third-order valence-corrected chi connectivity index (χ3v) is 2.84. The molecule has 1 atom stereocenters. The number of aryl methyl sites for hydroxylation is 1. The summed E-state index contributed by atoms with van der Waals surface area (Å²) in [5.41, 5.74) is 0.648. The molecule has 106 valence electrons. The molecule has 0 saturated heterocycles. The Morgan fingerprint density at radius 3 is 2.68 bits per heavy atom. The molecule has 19 heavy (non-hydrogen) atoms. The van der Waals surface area contributed by atoms with E-state index in [1.807, 2.05) is 20.8 Å². The second-order valence-electron chi connectivity index (χ2n) is 3.78. The van der Waals surface area contributed by atoms with Crippen molar-refractivity contribution in [2.45, 2.75) is 33.9 Å². The highest BCUT2D eigenvalue weighted by Crippen LogP contribution is 2.37. The quantitative estimate of drug-likeness (QED) is 0.664. The van der Waals surface area contributed by atoms with Crippen LogP contribution in [0.25, 0.3) is 0 Å². The minimum atomic E-state index is -0.330. The molecule has 2 heterocycles. The lowest BCUT2D eigenvalue weighted by Crippen LogP contribution is -2.37. The first-order chi connectivity index (χ1) is 9.02. The summed E-state index contributed by atoms with van der Waals surface area (Å²) >= 11 is 6.08. The van der Waals surface area contributed by atoms with Gasteiger partial charge in [0.05, 0.1) is 13.3 Å². The summed E-state index contributed by atoms with van der Waals surface area (Å²) < 4.78 is 4.65. The highest BCUT2D eigenvalue weighted by Gasteiger charge is 2.31. The van der Waals surface area contributed by atoms with E-state index in [1.165, 1.54) is 7.11 Å². The lowest BCUT2D eigenvalue weighted by Gasteiger charge is -2.22. The van der Waals surface area contributed by atoms with E-state index in [-0.39, 0.29) is 18.7 Å². The van der Waals surface area contributed by atoms with Gasteiger partial charge < -0.3 is 15.0 Å². The number of aromatic nitrogens is 2. The third kappa shape index (κ3) is 3.26. The molecule has 1 unspecified atom stereocenters. The molecule has 0 aromatic carbocycles. The van der Waals surface area contributed by atoms with Crippen molar-refractivity contribution in [3.05, 3.63) is 11.0 Å². The maximum absolute atomic E-state index is 11.3. The average molecular weight is 287 g/mol. The van der Waals surface area contributed by atoms with E-state index in [9.17, 15) is 4.79 Å². The summed E-state index contributed by atoms with van der Waals surface area (Å²) in [5.74, 6) is 0.912.